The lowest BCUT2D eigenvalue weighted by atomic mass is 10.0. The Hall–Kier alpha value is -1.10. The quantitative estimate of drug-likeness (QED) is 0.614. The molecular weight excluding hydrogens is 182 g/mol. The first kappa shape index (κ1) is 11.0. The lowest BCUT2D eigenvalue weighted by Crippen LogP contribution is -2.48. The van der Waals surface area contributed by atoms with Gasteiger partial charge < -0.3 is 16.4 Å². The van der Waals surface area contributed by atoms with Gasteiger partial charge in [0, 0.05) is 25.6 Å². The van der Waals surface area contributed by atoms with Gasteiger partial charge in [0.05, 0.1) is 5.92 Å². The fraction of sp³-hybridized carbons (Fsp3) is 0.778. The van der Waals surface area contributed by atoms with E-state index < -0.39 is 0 Å². The molecule has 0 bridgehead atoms. The van der Waals surface area contributed by atoms with Crippen LogP contribution in [0.5, 0.6) is 0 Å². The molecule has 0 aromatic carbocycles. The van der Waals surface area contributed by atoms with E-state index in [9.17, 15) is 9.59 Å². The molecule has 0 spiro atoms. The fourth-order valence-corrected chi connectivity index (χ4v) is 1.54. The van der Waals surface area contributed by atoms with Crippen LogP contribution in [-0.2, 0) is 9.59 Å². The van der Waals surface area contributed by atoms with E-state index >= 15 is 0 Å². The van der Waals surface area contributed by atoms with Crippen LogP contribution < -0.4 is 11.5 Å². The Labute approximate surface area is 83.4 Å². The van der Waals surface area contributed by atoms with Crippen molar-refractivity contribution in [2.45, 2.75) is 25.8 Å². The van der Waals surface area contributed by atoms with Crippen LogP contribution in [0.2, 0.25) is 0 Å². The summed E-state index contributed by atoms with van der Waals surface area (Å²) in [6.07, 6.45) is 1.22. The largest absolute Gasteiger partial charge is 0.369 e. The molecule has 0 aromatic heterocycles. The zero-order chi connectivity index (χ0) is 10.7. The normalized spacial score (nSPS) is 24.9. The highest BCUT2D eigenvalue weighted by Crippen LogP contribution is 2.11. The number of rotatable bonds is 3. The molecule has 0 saturated carbocycles. The first-order valence-electron chi connectivity index (χ1n) is 4.83. The molecule has 0 aromatic rings. The molecule has 0 radical (unpaired) electrons. The second-order valence-electron chi connectivity index (χ2n) is 3.90. The van der Waals surface area contributed by atoms with Crippen molar-refractivity contribution in [2.75, 3.05) is 13.1 Å². The highest BCUT2D eigenvalue weighted by atomic mass is 16.2. The highest BCUT2D eigenvalue weighted by Gasteiger charge is 2.25. The third-order valence-corrected chi connectivity index (χ3v) is 2.52. The lowest BCUT2D eigenvalue weighted by Gasteiger charge is -2.31. The molecule has 1 heterocycles. The van der Waals surface area contributed by atoms with Gasteiger partial charge in [-0.3, -0.25) is 9.59 Å². The number of nitrogens with two attached hydrogens (primary N) is 2. The molecule has 0 aliphatic carbocycles. The van der Waals surface area contributed by atoms with Gasteiger partial charge in [0.25, 0.3) is 0 Å². The summed E-state index contributed by atoms with van der Waals surface area (Å²) in [5.74, 6) is -0.610. The SMILES string of the molecule is CC(CN1CC(N)CCC1=O)C(N)=O. The summed E-state index contributed by atoms with van der Waals surface area (Å²) in [6.45, 7) is 2.65. The van der Waals surface area contributed by atoms with Gasteiger partial charge >= 0.3 is 0 Å². The van der Waals surface area contributed by atoms with E-state index in [1.165, 1.54) is 0 Å². The lowest BCUT2D eigenvalue weighted by molar-refractivity contribution is -0.135. The Bertz CT molecular complexity index is 242. The number of carbonyl (C=O) groups excluding carboxylic acids is 2. The van der Waals surface area contributed by atoms with Crippen LogP contribution in [-0.4, -0.2) is 35.8 Å². The molecule has 5 heteroatoms. The van der Waals surface area contributed by atoms with Crippen LogP contribution in [0.15, 0.2) is 0 Å². The molecule has 2 atom stereocenters. The predicted molar refractivity (Wildman–Crippen MR) is 52.1 cm³/mol. The van der Waals surface area contributed by atoms with Crippen LogP contribution in [0.3, 0.4) is 0 Å². The minimum atomic E-state index is -0.378. The molecular formula is C9H17N3O2. The molecule has 4 N–H and O–H groups in total. The second-order valence-corrected chi connectivity index (χ2v) is 3.90. The van der Waals surface area contributed by atoms with Crippen LogP contribution in [0, 0.1) is 5.92 Å². The Morgan fingerprint density at radius 2 is 2.36 bits per heavy atom. The summed E-state index contributed by atoms with van der Waals surface area (Å²) in [5, 5.41) is 0. The molecule has 1 aliphatic rings. The summed E-state index contributed by atoms with van der Waals surface area (Å²) in [6, 6.07) is 0.0350. The van der Waals surface area contributed by atoms with Crippen LogP contribution >= 0.6 is 0 Å². The first-order valence-corrected chi connectivity index (χ1v) is 4.83. The molecule has 80 valence electrons. The zero-order valence-electron chi connectivity index (χ0n) is 8.40. The number of likely N-dealkylation sites (tertiary alicyclic amines) is 1. The van der Waals surface area contributed by atoms with Crippen LogP contribution in [0.25, 0.3) is 0 Å². The number of carbonyl (C=O) groups is 2. The number of hydrogen-bond acceptors (Lipinski definition) is 3. The van der Waals surface area contributed by atoms with Crippen molar-refractivity contribution in [2.24, 2.45) is 17.4 Å². The number of primary amides is 1. The monoisotopic (exact) mass is 199 g/mol. The molecule has 5 nitrogen and oxygen atoms in total. The van der Waals surface area contributed by atoms with Crippen molar-refractivity contribution < 1.29 is 9.59 Å². The van der Waals surface area contributed by atoms with Gasteiger partial charge in [-0.1, -0.05) is 6.92 Å². The van der Waals surface area contributed by atoms with E-state index in [1.54, 1.807) is 11.8 Å². The van der Waals surface area contributed by atoms with Crippen molar-refractivity contribution in [3.05, 3.63) is 0 Å². The fourth-order valence-electron chi connectivity index (χ4n) is 1.54. The molecule has 14 heavy (non-hydrogen) atoms. The molecule has 2 amide bonds. The van der Waals surface area contributed by atoms with Gasteiger partial charge in [-0.25, -0.2) is 0 Å². The van der Waals surface area contributed by atoms with E-state index in [2.05, 4.69) is 0 Å². The Kier molecular flexibility index (Phi) is 3.46. The average Bonchev–Trinajstić information content (AvgIpc) is 2.11. The standard InChI is InChI=1S/C9H17N3O2/c1-6(9(11)14)4-12-5-7(10)2-3-8(12)13/h6-7H,2-5,10H2,1H3,(H2,11,14). The summed E-state index contributed by atoms with van der Waals surface area (Å²) in [7, 11) is 0. The number of piperidine rings is 1. The minimum absolute atomic E-state index is 0.0350. The van der Waals surface area contributed by atoms with E-state index in [0.717, 1.165) is 6.42 Å². The van der Waals surface area contributed by atoms with E-state index in [4.69, 9.17) is 11.5 Å². The van der Waals surface area contributed by atoms with Gasteiger partial charge in [0.15, 0.2) is 0 Å². The summed E-state index contributed by atoms with van der Waals surface area (Å²) >= 11 is 0. The second kappa shape index (κ2) is 4.41. The maximum atomic E-state index is 11.4. The highest BCUT2D eigenvalue weighted by molar-refractivity contribution is 5.80. The number of nitrogens with zero attached hydrogens (tertiary/aromatic N) is 1. The average molecular weight is 199 g/mol. The molecule has 1 rings (SSSR count). The Morgan fingerprint density at radius 1 is 1.71 bits per heavy atom. The van der Waals surface area contributed by atoms with E-state index in [0.29, 0.717) is 19.5 Å². The maximum absolute atomic E-state index is 11.4. The van der Waals surface area contributed by atoms with Gasteiger partial charge in [-0.05, 0) is 6.42 Å². The first-order chi connectivity index (χ1) is 6.50. The number of hydrogen-bond donors (Lipinski definition) is 2. The van der Waals surface area contributed by atoms with Crippen LogP contribution in [0.1, 0.15) is 19.8 Å². The van der Waals surface area contributed by atoms with Gasteiger partial charge in [0.1, 0.15) is 0 Å². The minimum Gasteiger partial charge on any atom is -0.369 e. The summed E-state index contributed by atoms with van der Waals surface area (Å²) in [4.78, 5) is 23.9. The molecule has 1 saturated heterocycles. The van der Waals surface area contributed by atoms with Crippen molar-refractivity contribution in [3.63, 3.8) is 0 Å². The van der Waals surface area contributed by atoms with Gasteiger partial charge in [-0.2, -0.15) is 0 Å². The Morgan fingerprint density at radius 3 is 2.93 bits per heavy atom. The zero-order valence-corrected chi connectivity index (χ0v) is 8.40. The summed E-state index contributed by atoms with van der Waals surface area (Å²) < 4.78 is 0. The summed E-state index contributed by atoms with van der Waals surface area (Å²) in [5.41, 5.74) is 10.9. The van der Waals surface area contributed by atoms with Crippen LogP contribution in [0.4, 0.5) is 0 Å². The molecule has 1 aliphatic heterocycles. The van der Waals surface area contributed by atoms with Crippen molar-refractivity contribution in [3.8, 4) is 0 Å². The van der Waals surface area contributed by atoms with Gasteiger partial charge in [-0.15, -0.1) is 0 Å². The molecule has 1 fully saturated rings. The van der Waals surface area contributed by atoms with Crippen molar-refractivity contribution in [1.29, 1.82) is 0 Å². The smallest absolute Gasteiger partial charge is 0.222 e. The topological polar surface area (TPSA) is 89.4 Å². The van der Waals surface area contributed by atoms with Crippen molar-refractivity contribution in [1.82, 2.24) is 4.90 Å². The third-order valence-electron chi connectivity index (χ3n) is 2.52. The molecule has 2 unspecified atom stereocenters. The Balaban J connectivity index is 2.49. The predicted octanol–water partition coefficient (Wildman–Crippen LogP) is -0.942. The third kappa shape index (κ3) is 2.70. The van der Waals surface area contributed by atoms with Crippen molar-refractivity contribution >= 4 is 11.8 Å². The number of amides is 2. The van der Waals surface area contributed by atoms with Gasteiger partial charge in [0.2, 0.25) is 11.8 Å². The van der Waals surface area contributed by atoms with E-state index in [1.807, 2.05) is 0 Å². The maximum Gasteiger partial charge on any atom is 0.222 e. The van der Waals surface area contributed by atoms with E-state index in [-0.39, 0.29) is 23.8 Å².